The lowest BCUT2D eigenvalue weighted by Gasteiger charge is -2.28. The summed E-state index contributed by atoms with van der Waals surface area (Å²) in [5, 5.41) is 3.80. The van der Waals surface area contributed by atoms with Gasteiger partial charge in [-0.3, -0.25) is 9.36 Å². The van der Waals surface area contributed by atoms with Crippen LogP contribution in [0.15, 0.2) is 118 Å². The first kappa shape index (κ1) is 30.2. The van der Waals surface area contributed by atoms with E-state index in [9.17, 15) is 9.59 Å². The molecule has 7 nitrogen and oxygen atoms in total. The third-order valence-corrected chi connectivity index (χ3v) is 9.29. The molecular formula is C39H32N2O5S. The van der Waals surface area contributed by atoms with Crippen molar-refractivity contribution < 1.29 is 19.0 Å². The largest absolute Gasteiger partial charge is 0.496 e. The molecule has 1 aliphatic heterocycles. The summed E-state index contributed by atoms with van der Waals surface area (Å²) in [6.07, 6.45) is 1.88. The van der Waals surface area contributed by atoms with Gasteiger partial charge in [0.05, 0.1) is 36.1 Å². The molecular weight excluding hydrogens is 609 g/mol. The Bertz CT molecular complexity index is 2370. The summed E-state index contributed by atoms with van der Waals surface area (Å²) < 4.78 is 19.7. The second-order valence-corrected chi connectivity index (χ2v) is 12.0. The summed E-state index contributed by atoms with van der Waals surface area (Å²) in [6, 6.07) is 32.4. The molecule has 0 saturated carbocycles. The summed E-state index contributed by atoms with van der Waals surface area (Å²) in [6.45, 7) is 4.34. The Hall–Kier alpha value is -5.47. The molecule has 0 N–H and O–H groups in total. The van der Waals surface area contributed by atoms with Gasteiger partial charge in [0.15, 0.2) is 4.80 Å². The molecule has 234 valence electrons. The Morgan fingerprint density at radius 3 is 2.19 bits per heavy atom. The molecule has 0 spiro atoms. The molecule has 0 fully saturated rings. The summed E-state index contributed by atoms with van der Waals surface area (Å²) in [7, 11) is 1.60. The number of carbonyl (C=O) groups excluding carboxylic acids is 1. The lowest BCUT2D eigenvalue weighted by molar-refractivity contribution is -0.138. The van der Waals surface area contributed by atoms with Crippen molar-refractivity contribution in [2.75, 3.05) is 20.3 Å². The maximum atomic E-state index is 14.7. The molecule has 0 unspecified atom stereocenters. The molecule has 0 radical (unpaired) electrons. The van der Waals surface area contributed by atoms with Gasteiger partial charge in [-0.25, -0.2) is 9.79 Å². The highest BCUT2D eigenvalue weighted by Gasteiger charge is 2.37. The van der Waals surface area contributed by atoms with Crippen molar-refractivity contribution in [2.24, 2.45) is 4.99 Å². The maximum absolute atomic E-state index is 14.7. The molecule has 2 heterocycles. The van der Waals surface area contributed by atoms with Crippen molar-refractivity contribution >= 4 is 50.6 Å². The third kappa shape index (κ3) is 5.30. The van der Waals surface area contributed by atoms with E-state index in [1.54, 1.807) is 18.6 Å². The van der Waals surface area contributed by atoms with Crippen molar-refractivity contribution in [1.82, 2.24) is 4.57 Å². The van der Waals surface area contributed by atoms with Gasteiger partial charge in [-0.05, 0) is 53.6 Å². The van der Waals surface area contributed by atoms with Gasteiger partial charge < -0.3 is 14.2 Å². The van der Waals surface area contributed by atoms with Gasteiger partial charge >= 0.3 is 5.97 Å². The van der Waals surface area contributed by atoms with Crippen LogP contribution in [-0.4, -0.2) is 30.9 Å². The number of rotatable bonds is 8. The van der Waals surface area contributed by atoms with Crippen molar-refractivity contribution in [1.29, 1.82) is 0 Å². The zero-order valence-corrected chi connectivity index (χ0v) is 27.0. The Morgan fingerprint density at radius 1 is 0.830 bits per heavy atom. The van der Waals surface area contributed by atoms with Crippen LogP contribution in [0.5, 0.6) is 11.5 Å². The van der Waals surface area contributed by atoms with Crippen LogP contribution in [0.3, 0.4) is 0 Å². The van der Waals surface area contributed by atoms with E-state index >= 15 is 0 Å². The van der Waals surface area contributed by atoms with E-state index in [0.717, 1.165) is 32.7 Å². The highest BCUT2D eigenvalue weighted by Crippen LogP contribution is 2.42. The molecule has 0 aliphatic carbocycles. The minimum Gasteiger partial charge on any atom is -0.496 e. The van der Waals surface area contributed by atoms with Crippen molar-refractivity contribution in [3.8, 4) is 11.5 Å². The molecule has 0 amide bonds. The first-order valence-corrected chi connectivity index (χ1v) is 16.3. The molecule has 1 aliphatic rings. The van der Waals surface area contributed by atoms with E-state index < -0.39 is 12.0 Å². The van der Waals surface area contributed by atoms with E-state index in [2.05, 4.69) is 0 Å². The molecule has 8 heteroatoms. The van der Waals surface area contributed by atoms with Crippen LogP contribution in [0.25, 0.3) is 33.3 Å². The number of thiazole rings is 1. The highest BCUT2D eigenvalue weighted by atomic mass is 32.1. The second kappa shape index (κ2) is 12.7. The lowest BCUT2D eigenvalue weighted by atomic mass is 9.89. The van der Waals surface area contributed by atoms with Gasteiger partial charge in [-0.15, -0.1) is 0 Å². The zero-order valence-electron chi connectivity index (χ0n) is 26.2. The fourth-order valence-corrected chi connectivity index (χ4v) is 7.27. The van der Waals surface area contributed by atoms with Crippen molar-refractivity contribution in [2.45, 2.75) is 19.9 Å². The first-order valence-electron chi connectivity index (χ1n) is 15.5. The standard InChI is InChI=1S/C39H32N2O5S/c1-4-45-30-21-19-24-13-9-11-17-27(24)29(30)23-32-37(42)41-36(33-28-18-12-10-14-25(28)20-22-31(33)44-3)34(38(43)46-5-2)35(40-39(41)47-32)26-15-7-6-8-16-26/h6-23,36H,4-5H2,1-3H3/t36-/m0/s1. The lowest BCUT2D eigenvalue weighted by Crippen LogP contribution is -2.40. The predicted octanol–water partition coefficient (Wildman–Crippen LogP) is 6.65. The number of hydrogen-bond donors (Lipinski definition) is 0. The summed E-state index contributed by atoms with van der Waals surface area (Å²) in [5.74, 6) is 0.686. The molecule has 7 rings (SSSR count). The van der Waals surface area contributed by atoms with Crippen LogP contribution in [-0.2, 0) is 9.53 Å². The molecule has 1 aromatic heterocycles. The SMILES string of the molecule is CCOC(=O)C1=C(c2ccccc2)N=c2sc(=Cc3c(OCC)ccc4ccccc34)c(=O)n2[C@H]1c1c(OC)ccc2ccccc12. The minimum atomic E-state index is -0.886. The number of nitrogens with zero attached hydrogens (tertiary/aromatic N) is 2. The van der Waals surface area contributed by atoms with E-state index in [1.165, 1.54) is 11.3 Å². The van der Waals surface area contributed by atoms with E-state index in [4.69, 9.17) is 19.2 Å². The van der Waals surface area contributed by atoms with Crippen LogP contribution in [0, 0.1) is 0 Å². The molecule has 47 heavy (non-hydrogen) atoms. The van der Waals surface area contributed by atoms with Gasteiger partial charge in [0, 0.05) is 16.7 Å². The number of fused-ring (bicyclic) bond motifs is 3. The average Bonchev–Trinajstić information content (AvgIpc) is 3.42. The topological polar surface area (TPSA) is 79.1 Å². The number of benzene rings is 5. The summed E-state index contributed by atoms with van der Waals surface area (Å²) >= 11 is 1.28. The van der Waals surface area contributed by atoms with Gasteiger partial charge in [0.25, 0.3) is 5.56 Å². The van der Waals surface area contributed by atoms with Crippen LogP contribution in [0.4, 0.5) is 0 Å². The average molecular weight is 641 g/mol. The van der Waals surface area contributed by atoms with E-state index in [-0.39, 0.29) is 17.7 Å². The molecule has 1 atom stereocenters. The fraction of sp³-hybridized carbons (Fsp3) is 0.154. The quantitative estimate of drug-likeness (QED) is 0.174. The monoisotopic (exact) mass is 640 g/mol. The van der Waals surface area contributed by atoms with Crippen molar-refractivity contribution in [3.63, 3.8) is 0 Å². The van der Waals surface area contributed by atoms with Crippen LogP contribution in [0.1, 0.15) is 36.6 Å². The summed E-state index contributed by atoms with van der Waals surface area (Å²) in [5.41, 5.74) is 2.68. The first-order chi connectivity index (χ1) is 23.0. The van der Waals surface area contributed by atoms with E-state index in [0.29, 0.717) is 38.7 Å². The van der Waals surface area contributed by atoms with Gasteiger partial charge in [0.2, 0.25) is 0 Å². The number of aromatic nitrogens is 1. The van der Waals surface area contributed by atoms with Gasteiger partial charge in [-0.1, -0.05) is 102 Å². The number of carbonyl (C=O) groups is 1. The Balaban J connectivity index is 1.61. The highest BCUT2D eigenvalue weighted by molar-refractivity contribution is 7.07. The smallest absolute Gasteiger partial charge is 0.338 e. The minimum absolute atomic E-state index is 0.162. The number of methoxy groups -OCH3 is 1. The Kier molecular flexibility index (Phi) is 8.18. The molecule has 6 aromatic rings. The zero-order chi connectivity index (χ0) is 32.5. The van der Waals surface area contributed by atoms with E-state index in [1.807, 2.05) is 116 Å². The Morgan fingerprint density at radius 2 is 1.49 bits per heavy atom. The van der Waals surface area contributed by atoms with Gasteiger partial charge in [0.1, 0.15) is 17.5 Å². The second-order valence-electron chi connectivity index (χ2n) is 11.0. The third-order valence-electron chi connectivity index (χ3n) is 8.30. The summed E-state index contributed by atoms with van der Waals surface area (Å²) in [4.78, 5) is 34.3. The number of hydrogen-bond acceptors (Lipinski definition) is 7. The van der Waals surface area contributed by atoms with Crippen LogP contribution < -0.4 is 24.4 Å². The van der Waals surface area contributed by atoms with Gasteiger partial charge in [-0.2, -0.15) is 0 Å². The predicted molar refractivity (Wildman–Crippen MR) is 187 cm³/mol. The maximum Gasteiger partial charge on any atom is 0.338 e. The molecule has 5 aromatic carbocycles. The Labute approximate surface area is 275 Å². The molecule has 0 bridgehead atoms. The molecule has 0 saturated heterocycles. The van der Waals surface area contributed by atoms with Crippen molar-refractivity contribution in [3.05, 3.63) is 145 Å². The number of esters is 1. The van der Waals surface area contributed by atoms with Crippen LogP contribution >= 0.6 is 11.3 Å². The normalized spacial score (nSPS) is 14.6. The van der Waals surface area contributed by atoms with Crippen LogP contribution in [0.2, 0.25) is 0 Å². The number of ether oxygens (including phenoxy) is 3. The fourth-order valence-electron chi connectivity index (χ4n) is 6.29.